The first-order valence-electron chi connectivity index (χ1n) is 6.18. The van der Waals surface area contributed by atoms with Gasteiger partial charge in [-0.1, -0.05) is 15.9 Å². The minimum Gasteiger partial charge on any atom is -0.490 e. The highest BCUT2D eigenvalue weighted by Crippen LogP contribution is 2.41. The molecule has 3 nitrogen and oxygen atoms in total. The van der Waals surface area contributed by atoms with Gasteiger partial charge in [-0.3, -0.25) is 0 Å². The van der Waals surface area contributed by atoms with Gasteiger partial charge in [0.05, 0.1) is 13.2 Å². The summed E-state index contributed by atoms with van der Waals surface area (Å²) in [6.45, 7) is 4.30. The lowest BCUT2D eigenvalue weighted by Crippen LogP contribution is -2.32. The Kier molecular flexibility index (Phi) is 6.13. The average molecular weight is 356 g/mol. The molecule has 0 bridgehead atoms. The molecule has 0 heterocycles. The summed E-state index contributed by atoms with van der Waals surface area (Å²) in [6.07, 6.45) is -4.39. The van der Waals surface area contributed by atoms with Crippen molar-refractivity contribution in [2.45, 2.75) is 26.1 Å². The highest BCUT2D eigenvalue weighted by molar-refractivity contribution is 9.10. The van der Waals surface area contributed by atoms with Crippen LogP contribution in [0.4, 0.5) is 13.2 Å². The Bertz CT molecular complexity index is 452. The van der Waals surface area contributed by atoms with Crippen molar-refractivity contribution in [3.05, 3.63) is 22.2 Å². The van der Waals surface area contributed by atoms with Crippen LogP contribution in [0.1, 0.15) is 25.5 Å². The first-order chi connectivity index (χ1) is 9.35. The maximum Gasteiger partial charge on any atom is 0.407 e. The Morgan fingerprint density at radius 3 is 2.05 bits per heavy atom. The van der Waals surface area contributed by atoms with Gasteiger partial charge in [0.25, 0.3) is 0 Å². The van der Waals surface area contributed by atoms with Gasteiger partial charge >= 0.3 is 6.18 Å². The molecule has 0 saturated heterocycles. The summed E-state index contributed by atoms with van der Waals surface area (Å²) in [7, 11) is 1.27. The van der Waals surface area contributed by atoms with Crippen LogP contribution in [-0.4, -0.2) is 26.4 Å². The van der Waals surface area contributed by atoms with Gasteiger partial charge in [-0.15, -0.1) is 0 Å². The van der Waals surface area contributed by atoms with Gasteiger partial charge < -0.3 is 14.8 Å². The maximum atomic E-state index is 13.0. The lowest BCUT2D eigenvalue weighted by atomic mass is 10.1. The Labute approximate surface area is 124 Å². The van der Waals surface area contributed by atoms with Gasteiger partial charge in [0.15, 0.2) is 11.5 Å². The molecule has 1 atom stereocenters. The van der Waals surface area contributed by atoms with Gasteiger partial charge in [-0.05, 0) is 38.6 Å². The first-order valence-corrected chi connectivity index (χ1v) is 6.97. The van der Waals surface area contributed by atoms with Crippen molar-refractivity contribution < 1.29 is 22.6 Å². The van der Waals surface area contributed by atoms with Crippen molar-refractivity contribution in [2.24, 2.45) is 0 Å². The van der Waals surface area contributed by atoms with Crippen LogP contribution in [0.2, 0.25) is 0 Å². The number of benzene rings is 1. The molecule has 20 heavy (non-hydrogen) atoms. The van der Waals surface area contributed by atoms with E-state index in [1.54, 1.807) is 13.8 Å². The molecule has 0 aromatic heterocycles. The molecule has 1 unspecified atom stereocenters. The summed E-state index contributed by atoms with van der Waals surface area (Å²) in [5.74, 6) is 0.721. The molecular weight excluding hydrogens is 339 g/mol. The quantitative estimate of drug-likeness (QED) is 0.834. The second kappa shape index (κ2) is 7.17. The van der Waals surface area contributed by atoms with E-state index in [0.29, 0.717) is 29.2 Å². The van der Waals surface area contributed by atoms with E-state index in [9.17, 15) is 13.2 Å². The number of hydrogen-bond acceptors (Lipinski definition) is 3. The smallest absolute Gasteiger partial charge is 0.407 e. The van der Waals surface area contributed by atoms with Crippen LogP contribution in [-0.2, 0) is 0 Å². The van der Waals surface area contributed by atoms with Crippen LogP contribution < -0.4 is 14.8 Å². The molecule has 0 radical (unpaired) electrons. The zero-order valence-electron chi connectivity index (χ0n) is 11.5. The van der Waals surface area contributed by atoms with Crippen molar-refractivity contribution in [1.82, 2.24) is 5.32 Å². The van der Waals surface area contributed by atoms with Gasteiger partial charge in [-0.2, -0.15) is 13.2 Å². The van der Waals surface area contributed by atoms with E-state index in [1.807, 2.05) is 0 Å². The fourth-order valence-electron chi connectivity index (χ4n) is 1.80. The van der Waals surface area contributed by atoms with E-state index in [4.69, 9.17) is 9.47 Å². The third-order valence-electron chi connectivity index (χ3n) is 2.59. The lowest BCUT2D eigenvalue weighted by Gasteiger charge is -2.23. The Hall–Kier alpha value is -0.950. The summed E-state index contributed by atoms with van der Waals surface area (Å²) in [5.41, 5.74) is 0.0619. The molecule has 0 aliphatic heterocycles. The summed E-state index contributed by atoms with van der Waals surface area (Å²) in [5, 5.41) is 2.27. The zero-order valence-corrected chi connectivity index (χ0v) is 13.1. The van der Waals surface area contributed by atoms with Crippen molar-refractivity contribution in [2.75, 3.05) is 20.3 Å². The van der Waals surface area contributed by atoms with E-state index < -0.39 is 12.2 Å². The molecule has 114 valence electrons. The Balaban J connectivity index is 3.29. The first kappa shape index (κ1) is 17.1. The standard InChI is InChI=1S/C13H17BrF3NO2/c1-4-19-10-6-8(12(18-3)13(15,16)17)9(14)7-11(10)20-5-2/h6-7,12,18H,4-5H2,1-3H3. The molecule has 1 aromatic rings. The van der Waals surface area contributed by atoms with Gasteiger partial charge in [0.2, 0.25) is 0 Å². The summed E-state index contributed by atoms with van der Waals surface area (Å²) < 4.78 is 50.0. The Morgan fingerprint density at radius 2 is 1.65 bits per heavy atom. The fraction of sp³-hybridized carbons (Fsp3) is 0.538. The third kappa shape index (κ3) is 4.02. The summed E-state index contributed by atoms with van der Waals surface area (Å²) in [6, 6.07) is 1.08. The molecule has 0 saturated carbocycles. The van der Waals surface area contributed by atoms with Gasteiger partial charge in [0.1, 0.15) is 6.04 Å². The fourth-order valence-corrected chi connectivity index (χ4v) is 2.36. The highest BCUT2D eigenvalue weighted by Gasteiger charge is 2.41. The average Bonchev–Trinajstić information content (AvgIpc) is 2.34. The molecule has 0 spiro atoms. The monoisotopic (exact) mass is 355 g/mol. The van der Waals surface area contributed by atoms with Crippen LogP contribution in [0, 0.1) is 0 Å². The minimum atomic E-state index is -4.39. The number of ether oxygens (including phenoxy) is 2. The lowest BCUT2D eigenvalue weighted by molar-refractivity contribution is -0.156. The predicted molar refractivity (Wildman–Crippen MR) is 74.3 cm³/mol. The largest absolute Gasteiger partial charge is 0.490 e. The number of hydrogen-bond donors (Lipinski definition) is 1. The molecule has 7 heteroatoms. The predicted octanol–water partition coefficient (Wildman–Crippen LogP) is 4.07. The number of rotatable bonds is 6. The normalized spacial score (nSPS) is 13.2. The van der Waals surface area contributed by atoms with Crippen LogP contribution in [0.25, 0.3) is 0 Å². The molecule has 1 aromatic carbocycles. The van der Waals surface area contributed by atoms with E-state index >= 15 is 0 Å². The highest BCUT2D eigenvalue weighted by atomic mass is 79.9. The van der Waals surface area contributed by atoms with E-state index in [-0.39, 0.29) is 5.56 Å². The molecular formula is C13H17BrF3NO2. The van der Waals surface area contributed by atoms with Gasteiger partial charge in [-0.25, -0.2) is 0 Å². The van der Waals surface area contributed by atoms with Crippen LogP contribution in [0.15, 0.2) is 16.6 Å². The minimum absolute atomic E-state index is 0.0619. The number of alkyl halides is 3. The van der Waals surface area contributed by atoms with E-state index in [2.05, 4.69) is 21.2 Å². The summed E-state index contributed by atoms with van der Waals surface area (Å²) >= 11 is 3.16. The summed E-state index contributed by atoms with van der Waals surface area (Å²) in [4.78, 5) is 0. The third-order valence-corrected chi connectivity index (χ3v) is 3.28. The topological polar surface area (TPSA) is 30.5 Å². The van der Waals surface area contributed by atoms with Crippen molar-refractivity contribution in [3.8, 4) is 11.5 Å². The molecule has 1 rings (SSSR count). The SMILES string of the molecule is CCOc1cc(Br)c(C(NC)C(F)(F)F)cc1OCC. The van der Waals surface area contributed by atoms with Crippen LogP contribution in [0.5, 0.6) is 11.5 Å². The van der Waals surface area contributed by atoms with Crippen molar-refractivity contribution in [3.63, 3.8) is 0 Å². The zero-order chi connectivity index (χ0) is 15.3. The molecule has 0 aliphatic rings. The molecule has 0 fully saturated rings. The van der Waals surface area contributed by atoms with Crippen molar-refractivity contribution >= 4 is 15.9 Å². The number of nitrogens with one attached hydrogen (secondary N) is 1. The Morgan fingerprint density at radius 1 is 1.15 bits per heavy atom. The number of halogens is 4. The molecule has 1 N–H and O–H groups in total. The van der Waals surface area contributed by atoms with Gasteiger partial charge in [0, 0.05) is 4.47 Å². The van der Waals surface area contributed by atoms with Crippen molar-refractivity contribution in [1.29, 1.82) is 0 Å². The van der Waals surface area contributed by atoms with E-state index in [0.717, 1.165) is 0 Å². The second-order valence-corrected chi connectivity index (χ2v) is 4.80. The molecule has 0 amide bonds. The molecule has 0 aliphatic carbocycles. The van der Waals surface area contributed by atoms with Crippen LogP contribution >= 0.6 is 15.9 Å². The van der Waals surface area contributed by atoms with Crippen LogP contribution in [0.3, 0.4) is 0 Å². The van der Waals surface area contributed by atoms with E-state index in [1.165, 1.54) is 19.2 Å². The second-order valence-electron chi connectivity index (χ2n) is 3.95. The maximum absolute atomic E-state index is 13.0.